The van der Waals surface area contributed by atoms with Gasteiger partial charge in [-0.1, -0.05) is 20.8 Å². The maximum Gasteiger partial charge on any atom is 0.222 e. The van der Waals surface area contributed by atoms with E-state index in [1.807, 2.05) is 14.2 Å². The molecule has 200 valence electrons. The van der Waals surface area contributed by atoms with Crippen molar-refractivity contribution in [3.05, 3.63) is 0 Å². The molecular formula is C30H51NO4. The third kappa shape index (κ3) is 4.20. The summed E-state index contributed by atoms with van der Waals surface area (Å²) in [5, 5.41) is 10.5. The van der Waals surface area contributed by atoms with Gasteiger partial charge in [0.1, 0.15) is 0 Å². The number of ether oxygens (including phenoxy) is 2. The molecule has 0 spiro atoms. The summed E-state index contributed by atoms with van der Waals surface area (Å²) >= 11 is 0. The van der Waals surface area contributed by atoms with Crippen molar-refractivity contribution in [3.8, 4) is 0 Å². The Kier molecular flexibility index (Phi) is 7.35. The second-order valence-electron chi connectivity index (χ2n) is 13.5. The van der Waals surface area contributed by atoms with Crippen LogP contribution < -0.4 is 0 Å². The van der Waals surface area contributed by atoms with Gasteiger partial charge < -0.3 is 19.5 Å². The third-order valence-corrected chi connectivity index (χ3v) is 12.3. The Labute approximate surface area is 213 Å². The molecule has 0 aromatic heterocycles. The van der Waals surface area contributed by atoms with E-state index in [0.717, 1.165) is 51.6 Å². The molecule has 4 aliphatic carbocycles. The predicted molar refractivity (Wildman–Crippen MR) is 138 cm³/mol. The zero-order valence-electron chi connectivity index (χ0n) is 23.0. The molecule has 1 N–H and O–H groups in total. The molecule has 0 bridgehead atoms. The highest BCUT2D eigenvalue weighted by molar-refractivity contribution is 5.76. The van der Waals surface area contributed by atoms with E-state index in [9.17, 15) is 9.90 Å². The van der Waals surface area contributed by atoms with Crippen LogP contribution in [0.4, 0.5) is 0 Å². The van der Waals surface area contributed by atoms with Gasteiger partial charge in [-0.05, 0) is 105 Å². The third-order valence-electron chi connectivity index (χ3n) is 12.3. The standard InChI is InChI=1S/C30H51NO4/c1-19(8-11-27(33)31-14-6-7-15-31)22-9-10-23-28-24(18-26(35-5)30(22,23)3)29(2)13-12-21(32)16-20(29)17-25(28)34-4/h19-26,28,32H,6-18H2,1-5H3/t19-,20+,21-,22-,23+,24+,25-,26+,28+,29+,30-/m1/s1. The molecule has 0 aromatic rings. The van der Waals surface area contributed by atoms with Crippen molar-refractivity contribution < 1.29 is 19.4 Å². The highest BCUT2D eigenvalue weighted by Crippen LogP contribution is 2.69. The van der Waals surface area contributed by atoms with E-state index >= 15 is 0 Å². The molecule has 0 unspecified atom stereocenters. The lowest BCUT2D eigenvalue weighted by Crippen LogP contribution is -2.63. The smallest absolute Gasteiger partial charge is 0.222 e. The molecule has 0 radical (unpaired) electrons. The number of fused-ring (bicyclic) bond motifs is 5. The summed E-state index contributed by atoms with van der Waals surface area (Å²) in [4.78, 5) is 14.9. The molecule has 5 fully saturated rings. The van der Waals surface area contributed by atoms with E-state index in [2.05, 4.69) is 25.7 Å². The second kappa shape index (κ2) is 9.91. The maximum atomic E-state index is 12.8. The quantitative estimate of drug-likeness (QED) is 0.550. The van der Waals surface area contributed by atoms with Crippen LogP contribution >= 0.6 is 0 Å². The Morgan fingerprint density at radius 1 is 1.03 bits per heavy atom. The molecule has 5 rings (SSSR count). The number of carbonyl (C=O) groups excluding carboxylic acids is 1. The molecule has 4 saturated carbocycles. The summed E-state index contributed by atoms with van der Waals surface area (Å²) < 4.78 is 12.7. The summed E-state index contributed by atoms with van der Waals surface area (Å²) in [6.07, 6.45) is 12.2. The maximum absolute atomic E-state index is 12.8. The van der Waals surface area contributed by atoms with Crippen molar-refractivity contribution in [1.82, 2.24) is 4.90 Å². The van der Waals surface area contributed by atoms with Gasteiger partial charge in [0.15, 0.2) is 0 Å². The minimum Gasteiger partial charge on any atom is -0.393 e. The molecular weight excluding hydrogens is 438 g/mol. The average Bonchev–Trinajstić information content (AvgIpc) is 3.50. The van der Waals surface area contributed by atoms with Crippen molar-refractivity contribution in [2.45, 2.75) is 110 Å². The van der Waals surface area contributed by atoms with E-state index < -0.39 is 0 Å². The van der Waals surface area contributed by atoms with Crippen LogP contribution in [0.5, 0.6) is 0 Å². The predicted octanol–water partition coefficient (Wildman–Crippen LogP) is 5.29. The number of aliphatic hydroxyl groups excluding tert-OH is 1. The van der Waals surface area contributed by atoms with Crippen molar-refractivity contribution in [1.29, 1.82) is 0 Å². The van der Waals surface area contributed by atoms with Crippen LogP contribution in [0.25, 0.3) is 0 Å². The van der Waals surface area contributed by atoms with E-state index in [0.29, 0.717) is 47.8 Å². The van der Waals surface area contributed by atoms with Crippen LogP contribution in [0.3, 0.4) is 0 Å². The van der Waals surface area contributed by atoms with Crippen molar-refractivity contribution in [2.75, 3.05) is 27.3 Å². The highest BCUT2D eigenvalue weighted by atomic mass is 16.5. The first-order chi connectivity index (χ1) is 16.7. The van der Waals surface area contributed by atoms with Gasteiger partial charge in [-0.25, -0.2) is 0 Å². The first-order valence-corrected chi connectivity index (χ1v) is 14.7. The Bertz CT molecular complexity index is 767. The number of hydrogen-bond donors (Lipinski definition) is 1. The average molecular weight is 490 g/mol. The number of hydrogen-bond acceptors (Lipinski definition) is 4. The minimum atomic E-state index is -0.144. The molecule has 5 nitrogen and oxygen atoms in total. The Morgan fingerprint density at radius 2 is 1.77 bits per heavy atom. The molecule has 1 heterocycles. The van der Waals surface area contributed by atoms with Gasteiger partial charge in [-0.15, -0.1) is 0 Å². The lowest BCUT2D eigenvalue weighted by Gasteiger charge is -2.64. The molecule has 5 aliphatic rings. The molecule has 0 aromatic carbocycles. The molecule has 11 atom stereocenters. The van der Waals surface area contributed by atoms with Gasteiger partial charge in [0.05, 0.1) is 18.3 Å². The van der Waals surface area contributed by atoms with Gasteiger partial charge in [0.2, 0.25) is 5.91 Å². The second-order valence-corrected chi connectivity index (χ2v) is 13.5. The number of likely N-dealkylation sites (tertiary alicyclic amines) is 1. The number of aliphatic hydroxyl groups is 1. The first-order valence-electron chi connectivity index (χ1n) is 14.7. The summed E-state index contributed by atoms with van der Waals surface area (Å²) in [5.74, 6) is 3.84. The van der Waals surface area contributed by atoms with Crippen LogP contribution in [-0.4, -0.2) is 61.5 Å². The van der Waals surface area contributed by atoms with Crippen molar-refractivity contribution in [2.24, 2.45) is 46.3 Å². The van der Waals surface area contributed by atoms with E-state index in [1.54, 1.807) is 0 Å². The Hall–Kier alpha value is -0.650. The molecule has 1 amide bonds. The zero-order valence-corrected chi connectivity index (χ0v) is 23.0. The fourth-order valence-corrected chi connectivity index (χ4v) is 10.4. The van der Waals surface area contributed by atoms with Gasteiger partial charge in [-0.2, -0.15) is 0 Å². The fourth-order valence-electron chi connectivity index (χ4n) is 10.4. The summed E-state index contributed by atoms with van der Waals surface area (Å²) in [5.41, 5.74) is 0.420. The molecule has 1 saturated heterocycles. The van der Waals surface area contributed by atoms with Crippen molar-refractivity contribution >= 4 is 5.91 Å². The summed E-state index contributed by atoms with van der Waals surface area (Å²) in [6, 6.07) is 0. The lowest BCUT2D eigenvalue weighted by molar-refractivity contribution is -0.217. The molecule has 1 aliphatic heterocycles. The first kappa shape index (κ1) is 26.0. The van der Waals surface area contributed by atoms with Gasteiger partial charge in [0, 0.05) is 39.1 Å². The van der Waals surface area contributed by atoms with Crippen LogP contribution in [-0.2, 0) is 14.3 Å². The van der Waals surface area contributed by atoms with E-state index in [4.69, 9.17) is 9.47 Å². The zero-order chi connectivity index (χ0) is 25.0. The fraction of sp³-hybridized carbons (Fsp3) is 0.967. The van der Waals surface area contributed by atoms with Gasteiger partial charge in [-0.3, -0.25) is 4.79 Å². The van der Waals surface area contributed by atoms with Crippen molar-refractivity contribution in [3.63, 3.8) is 0 Å². The minimum absolute atomic E-state index is 0.139. The van der Waals surface area contributed by atoms with Crippen LogP contribution in [0.2, 0.25) is 0 Å². The number of methoxy groups -OCH3 is 2. The van der Waals surface area contributed by atoms with E-state index in [-0.39, 0.29) is 29.1 Å². The van der Waals surface area contributed by atoms with Crippen LogP contribution in [0, 0.1) is 46.3 Å². The normalized spacial score (nSPS) is 48.2. The number of carbonyl (C=O) groups is 1. The number of nitrogens with zero attached hydrogens (tertiary/aromatic N) is 1. The van der Waals surface area contributed by atoms with Crippen LogP contribution in [0.1, 0.15) is 91.4 Å². The van der Waals surface area contributed by atoms with E-state index in [1.165, 1.54) is 25.7 Å². The Balaban J connectivity index is 1.37. The van der Waals surface area contributed by atoms with Gasteiger partial charge in [0.25, 0.3) is 0 Å². The number of amides is 1. The highest BCUT2D eigenvalue weighted by Gasteiger charge is 2.66. The Morgan fingerprint density at radius 3 is 2.46 bits per heavy atom. The molecule has 5 heteroatoms. The number of rotatable bonds is 6. The summed E-state index contributed by atoms with van der Waals surface area (Å²) in [7, 11) is 3.85. The topological polar surface area (TPSA) is 59.0 Å². The SMILES string of the molecule is CO[C@H]1C[C@H]2[C@@H]([C@H](OC)C[C@@H]3C[C@H](O)CC[C@@]32C)[C@@H]2CC[C@H]([C@H](C)CCC(=O)N3CCCC3)[C@@]12C. The van der Waals surface area contributed by atoms with Crippen LogP contribution in [0.15, 0.2) is 0 Å². The largest absolute Gasteiger partial charge is 0.393 e. The lowest BCUT2D eigenvalue weighted by atomic mass is 9.43. The monoisotopic (exact) mass is 489 g/mol. The summed E-state index contributed by atoms with van der Waals surface area (Å²) in [6.45, 7) is 9.38. The molecule has 35 heavy (non-hydrogen) atoms. The van der Waals surface area contributed by atoms with Gasteiger partial charge >= 0.3 is 0 Å².